The number of benzene rings is 1. The molecule has 0 saturated heterocycles. The number of fused-ring (bicyclic) bond motifs is 2. The molecule has 0 bridgehead atoms. The van der Waals surface area contributed by atoms with Gasteiger partial charge in [0.05, 0.1) is 16.2 Å². The molecule has 4 rings (SSSR count). The number of sulfone groups is 1. The van der Waals surface area contributed by atoms with Crippen LogP contribution in [0.4, 0.5) is 14.5 Å². The van der Waals surface area contributed by atoms with E-state index >= 15 is 0 Å². The van der Waals surface area contributed by atoms with Gasteiger partial charge >= 0.3 is 5.92 Å². The number of nitrogens with two attached hydrogens (primary N) is 1. The van der Waals surface area contributed by atoms with Crippen LogP contribution in [-0.2, 0) is 20.1 Å². The van der Waals surface area contributed by atoms with Crippen LogP contribution in [0, 0.1) is 11.3 Å². The summed E-state index contributed by atoms with van der Waals surface area (Å²) in [7, 11) is -3.83. The minimum absolute atomic E-state index is 0.0160. The van der Waals surface area contributed by atoms with Crippen molar-refractivity contribution < 1.29 is 26.7 Å². The Morgan fingerprint density at radius 1 is 1.29 bits per heavy atom. The molecule has 160 valence electrons. The molecule has 1 aromatic heterocycles. The minimum atomic E-state index is -3.83. The number of carbonyl (C=O) groups is 1. The van der Waals surface area contributed by atoms with Crippen molar-refractivity contribution in [3.63, 3.8) is 0 Å². The lowest BCUT2D eigenvalue weighted by molar-refractivity contribution is -0.125. The van der Waals surface area contributed by atoms with Crippen molar-refractivity contribution in [1.82, 2.24) is 4.98 Å². The second-order valence-electron chi connectivity index (χ2n) is 7.08. The minimum Gasteiger partial charge on any atom is -0.459 e. The van der Waals surface area contributed by atoms with Crippen LogP contribution in [0.5, 0.6) is 0 Å². The number of aliphatic imine (C=N–C) groups is 1. The van der Waals surface area contributed by atoms with Gasteiger partial charge in [-0.1, -0.05) is 0 Å². The fourth-order valence-electron chi connectivity index (χ4n) is 3.60. The number of anilines is 1. The number of nitrogens with zero attached hydrogens (tertiary/aromatic N) is 3. The lowest BCUT2D eigenvalue weighted by atomic mass is 9.80. The molecule has 0 radical (unpaired) electrons. The van der Waals surface area contributed by atoms with Crippen LogP contribution in [0.15, 0.2) is 46.4 Å². The van der Waals surface area contributed by atoms with Gasteiger partial charge in [0.2, 0.25) is 0 Å². The van der Waals surface area contributed by atoms with Crippen molar-refractivity contribution in [3.05, 3.63) is 53.3 Å². The molecular formula is C19H15F2N5O4S. The van der Waals surface area contributed by atoms with Gasteiger partial charge in [-0.3, -0.25) is 4.79 Å². The Labute approximate surface area is 175 Å². The average molecular weight is 447 g/mol. The summed E-state index contributed by atoms with van der Waals surface area (Å²) in [5, 5.41) is 11.3. The average Bonchev–Trinajstić information content (AvgIpc) is 2.74. The quantitative estimate of drug-likeness (QED) is 0.710. The highest BCUT2D eigenvalue weighted by atomic mass is 32.2. The van der Waals surface area contributed by atoms with Crippen molar-refractivity contribution in [1.29, 1.82) is 5.26 Å². The van der Waals surface area contributed by atoms with Crippen LogP contribution in [0.2, 0.25) is 0 Å². The van der Waals surface area contributed by atoms with Crippen LogP contribution in [0.3, 0.4) is 0 Å². The summed E-state index contributed by atoms with van der Waals surface area (Å²) in [6.45, 7) is -1.05. The Morgan fingerprint density at radius 2 is 2.06 bits per heavy atom. The number of pyridine rings is 1. The van der Waals surface area contributed by atoms with Gasteiger partial charge in [0, 0.05) is 17.4 Å². The first kappa shape index (κ1) is 20.7. The Balaban J connectivity index is 1.78. The van der Waals surface area contributed by atoms with Crippen LogP contribution in [-0.4, -0.2) is 43.6 Å². The first-order valence-corrected chi connectivity index (χ1v) is 10.6. The van der Waals surface area contributed by atoms with Crippen LogP contribution >= 0.6 is 0 Å². The standard InChI is InChI=1S/C19H15F2N5O4S/c20-19(21)10-30-17(23)26-18(19)5-6-31(28,29)15-4-2-12(7-13(15)18)25-16(27)14-3-1-11(8-22)9-24-14/h1-4,7,9H,5-6,10H2,(H2,23,26)(H,25,27). The Kier molecular flexibility index (Phi) is 4.66. The van der Waals surface area contributed by atoms with E-state index in [2.05, 4.69) is 20.0 Å². The number of alkyl halides is 2. The molecule has 3 N–H and O–H groups in total. The van der Waals surface area contributed by atoms with E-state index in [1.54, 1.807) is 0 Å². The van der Waals surface area contributed by atoms with Crippen LogP contribution in [0.1, 0.15) is 28.0 Å². The molecule has 1 spiro atoms. The van der Waals surface area contributed by atoms with Crippen LogP contribution in [0.25, 0.3) is 0 Å². The lowest BCUT2D eigenvalue weighted by Crippen LogP contribution is -2.55. The number of nitrogens with one attached hydrogen (secondary N) is 1. The third-order valence-electron chi connectivity index (χ3n) is 5.18. The van der Waals surface area contributed by atoms with Gasteiger partial charge in [-0.05, 0) is 36.8 Å². The largest absolute Gasteiger partial charge is 0.459 e. The lowest BCUT2D eigenvalue weighted by Gasteiger charge is -2.43. The summed E-state index contributed by atoms with van der Waals surface area (Å²) in [4.78, 5) is 19.9. The van der Waals surface area contributed by atoms with Crippen molar-refractivity contribution >= 4 is 27.5 Å². The first-order valence-electron chi connectivity index (χ1n) is 8.99. The number of halogens is 2. The molecule has 31 heavy (non-hydrogen) atoms. The van der Waals surface area contributed by atoms with E-state index in [4.69, 9.17) is 11.0 Å². The molecule has 0 saturated carbocycles. The zero-order valence-corrected chi connectivity index (χ0v) is 16.6. The van der Waals surface area contributed by atoms with E-state index in [-0.39, 0.29) is 27.4 Å². The topological polar surface area (TPSA) is 148 Å². The molecule has 3 heterocycles. The number of hydrogen-bond donors (Lipinski definition) is 2. The molecule has 0 aliphatic carbocycles. The van der Waals surface area contributed by atoms with E-state index in [1.165, 1.54) is 24.4 Å². The molecule has 1 unspecified atom stereocenters. The zero-order chi connectivity index (χ0) is 22.4. The molecule has 2 aliphatic rings. The highest BCUT2D eigenvalue weighted by Crippen LogP contribution is 2.51. The maximum atomic E-state index is 15.0. The zero-order valence-electron chi connectivity index (χ0n) is 15.8. The molecule has 1 amide bonds. The predicted octanol–water partition coefficient (Wildman–Crippen LogP) is 1.56. The Bertz CT molecular complexity index is 1260. The molecule has 1 aromatic carbocycles. The SMILES string of the molecule is N#Cc1ccc(C(=O)Nc2ccc3c(c2)C2(CCS3(=O)=O)N=C(N)OCC2(F)F)nc1. The second-order valence-corrected chi connectivity index (χ2v) is 9.16. The second kappa shape index (κ2) is 6.98. The van der Waals surface area contributed by atoms with Gasteiger partial charge in [0.15, 0.2) is 22.0 Å². The number of hydrogen-bond acceptors (Lipinski definition) is 8. The molecule has 2 aliphatic heterocycles. The Morgan fingerprint density at radius 3 is 2.74 bits per heavy atom. The highest BCUT2D eigenvalue weighted by Gasteiger charge is 2.61. The number of amidine groups is 1. The molecular weight excluding hydrogens is 432 g/mol. The van der Waals surface area contributed by atoms with Crippen molar-refractivity contribution in [3.8, 4) is 6.07 Å². The van der Waals surface area contributed by atoms with Crippen molar-refractivity contribution in [2.24, 2.45) is 10.7 Å². The maximum Gasteiger partial charge on any atom is 0.310 e. The van der Waals surface area contributed by atoms with Gasteiger partial charge in [-0.2, -0.15) is 14.0 Å². The summed E-state index contributed by atoms with van der Waals surface area (Å²) < 4.78 is 59.7. The van der Waals surface area contributed by atoms with Gasteiger partial charge in [0.25, 0.3) is 11.9 Å². The normalized spacial score (nSPS) is 23.1. The number of amides is 1. The fourth-order valence-corrected chi connectivity index (χ4v) is 5.22. The molecule has 2 aromatic rings. The van der Waals surface area contributed by atoms with Crippen molar-refractivity contribution in [2.75, 3.05) is 17.7 Å². The van der Waals surface area contributed by atoms with E-state index in [0.717, 1.165) is 12.1 Å². The van der Waals surface area contributed by atoms with E-state index in [9.17, 15) is 22.0 Å². The summed E-state index contributed by atoms with van der Waals surface area (Å²) >= 11 is 0. The number of carbonyl (C=O) groups excluding carboxylic acids is 1. The van der Waals surface area contributed by atoms with Gasteiger partial charge in [-0.15, -0.1) is 0 Å². The number of ether oxygens (including phenoxy) is 1. The molecule has 9 nitrogen and oxygen atoms in total. The summed E-state index contributed by atoms with van der Waals surface area (Å²) in [5.74, 6) is -4.73. The van der Waals surface area contributed by atoms with Gasteiger partial charge in [0.1, 0.15) is 11.8 Å². The third kappa shape index (κ3) is 3.36. The Hall–Kier alpha value is -3.59. The van der Waals surface area contributed by atoms with Crippen LogP contribution < -0.4 is 11.1 Å². The van der Waals surface area contributed by atoms with Gasteiger partial charge < -0.3 is 15.8 Å². The first-order chi connectivity index (χ1) is 14.6. The third-order valence-corrected chi connectivity index (χ3v) is 6.95. The molecule has 12 heteroatoms. The van der Waals surface area contributed by atoms with Crippen molar-refractivity contribution in [2.45, 2.75) is 22.8 Å². The monoisotopic (exact) mass is 447 g/mol. The number of nitriles is 1. The number of aromatic nitrogens is 1. The fraction of sp³-hybridized carbons (Fsp3) is 0.263. The van der Waals surface area contributed by atoms with E-state index in [1.807, 2.05) is 6.07 Å². The summed E-state index contributed by atoms with van der Waals surface area (Å²) in [6, 6.07) is 7.74. The van der Waals surface area contributed by atoms with Gasteiger partial charge in [-0.25, -0.2) is 18.4 Å². The number of rotatable bonds is 2. The van der Waals surface area contributed by atoms with E-state index < -0.39 is 52.0 Å². The molecule has 0 fully saturated rings. The molecule has 1 atom stereocenters. The maximum absolute atomic E-state index is 15.0. The van der Waals surface area contributed by atoms with E-state index in [0.29, 0.717) is 0 Å². The summed E-state index contributed by atoms with van der Waals surface area (Å²) in [6.07, 6.45) is 0.720. The summed E-state index contributed by atoms with van der Waals surface area (Å²) in [5.41, 5.74) is 3.37. The predicted molar refractivity (Wildman–Crippen MR) is 104 cm³/mol. The smallest absolute Gasteiger partial charge is 0.310 e. The highest BCUT2D eigenvalue weighted by molar-refractivity contribution is 7.91.